The third-order valence-corrected chi connectivity index (χ3v) is 10.1. The van der Waals surface area contributed by atoms with Gasteiger partial charge in [0.1, 0.15) is 23.1 Å². The number of benzene rings is 2. The van der Waals surface area contributed by atoms with Crippen LogP contribution in [0.4, 0.5) is 46.5 Å². The maximum Gasteiger partial charge on any atom is 0.426 e. The Morgan fingerprint density at radius 2 is 0.952 bits per heavy atom. The average molecular weight is 877 g/mol. The van der Waals surface area contributed by atoms with Crippen LogP contribution >= 0.6 is 0 Å². The van der Waals surface area contributed by atoms with Gasteiger partial charge in [-0.15, -0.1) is 20.4 Å². The van der Waals surface area contributed by atoms with Gasteiger partial charge in [-0.2, -0.15) is 26.3 Å². The number of alkyl halides is 6. The lowest BCUT2D eigenvalue weighted by Crippen LogP contribution is -2.42. The van der Waals surface area contributed by atoms with Crippen molar-refractivity contribution in [3.8, 4) is 46.4 Å². The van der Waals surface area contributed by atoms with Crippen LogP contribution in [0.3, 0.4) is 0 Å². The summed E-state index contributed by atoms with van der Waals surface area (Å²) < 4.78 is 132. The fourth-order valence-electron chi connectivity index (χ4n) is 6.79. The Morgan fingerprint density at radius 3 is 1.32 bits per heavy atom. The summed E-state index contributed by atoms with van der Waals surface area (Å²) in [5.41, 5.74) is 7.16. The van der Waals surface area contributed by atoms with E-state index in [9.17, 15) is 45.3 Å². The van der Waals surface area contributed by atoms with Gasteiger partial charge in [0, 0.05) is 23.3 Å². The highest BCUT2D eigenvalue weighted by molar-refractivity contribution is 5.69. The van der Waals surface area contributed by atoms with E-state index < -0.39 is 71.6 Å². The molecule has 328 valence electrons. The second kappa shape index (κ2) is 16.5. The fourth-order valence-corrected chi connectivity index (χ4v) is 6.79. The first-order chi connectivity index (χ1) is 29.1. The zero-order valence-electron chi connectivity index (χ0n) is 32.7. The van der Waals surface area contributed by atoms with Crippen molar-refractivity contribution in [1.82, 2.24) is 30.4 Å². The minimum atomic E-state index is -5.06. The minimum absolute atomic E-state index is 0.0341. The molecule has 0 aliphatic carbocycles. The number of halogens is 8. The van der Waals surface area contributed by atoms with Crippen LogP contribution in [0.25, 0.3) is 23.2 Å². The van der Waals surface area contributed by atoms with Crippen molar-refractivity contribution in [1.29, 1.82) is 0 Å². The zero-order valence-corrected chi connectivity index (χ0v) is 32.7. The van der Waals surface area contributed by atoms with E-state index in [1.807, 2.05) is 0 Å². The van der Waals surface area contributed by atoms with Crippen LogP contribution in [0.15, 0.2) is 57.4 Å². The van der Waals surface area contributed by atoms with Crippen molar-refractivity contribution in [3.63, 3.8) is 0 Å². The molecule has 0 saturated carbocycles. The first kappa shape index (κ1) is 43.7. The van der Waals surface area contributed by atoms with Crippen LogP contribution in [0, 0.1) is 25.5 Å². The Morgan fingerprint density at radius 1 is 0.565 bits per heavy atom. The number of rotatable bonds is 0. The highest BCUT2D eigenvalue weighted by Crippen LogP contribution is 2.45. The molecule has 0 spiro atoms. The summed E-state index contributed by atoms with van der Waals surface area (Å²) in [7, 11) is 0. The standard InChI is InChI=1S/2C20H18F4N4O3/c2*1-10-6-14(25)15-17-27-28-18(31-17)19(29,20(22,23)24)5-3-2-4-11-7-12(21)9-13(8-11)30-16(10)26-15/h2*6-9,29H,2-5,25H2,1H3. The highest BCUT2D eigenvalue weighted by atomic mass is 19.4. The minimum Gasteiger partial charge on any atom is -0.439 e. The number of nitrogens with two attached hydrogens (primary N) is 2. The summed E-state index contributed by atoms with van der Waals surface area (Å²) in [6, 6.07) is 11.0. The summed E-state index contributed by atoms with van der Waals surface area (Å²) in [5.74, 6) is -3.49. The Kier molecular flexibility index (Phi) is 11.6. The molecule has 22 heteroatoms. The Hall–Kier alpha value is -6.42. The van der Waals surface area contributed by atoms with Gasteiger partial charge in [0.25, 0.3) is 23.6 Å². The van der Waals surface area contributed by atoms with Gasteiger partial charge in [0.05, 0.1) is 11.4 Å². The first-order valence-corrected chi connectivity index (χ1v) is 18.9. The van der Waals surface area contributed by atoms with Crippen LogP contribution in [0.2, 0.25) is 0 Å². The highest BCUT2D eigenvalue weighted by Gasteiger charge is 2.59. The van der Waals surface area contributed by atoms with E-state index in [1.54, 1.807) is 26.0 Å². The first-order valence-electron chi connectivity index (χ1n) is 18.9. The molecule has 0 saturated heterocycles. The molecule has 0 amide bonds. The van der Waals surface area contributed by atoms with Crippen molar-refractivity contribution in [2.24, 2.45) is 0 Å². The molecule has 2 atom stereocenters. The number of anilines is 2. The van der Waals surface area contributed by atoms with E-state index in [4.69, 9.17) is 29.8 Å². The molecule has 8 rings (SSSR count). The quantitative estimate of drug-likeness (QED) is 0.105. The molecular formula is C40H36F8N8O6. The topological polar surface area (TPSA) is 215 Å². The van der Waals surface area contributed by atoms with Crippen LogP contribution in [0.1, 0.15) is 72.6 Å². The number of nitrogen functional groups attached to an aromatic ring is 2. The van der Waals surface area contributed by atoms with Crippen molar-refractivity contribution in [2.45, 2.75) is 88.8 Å². The van der Waals surface area contributed by atoms with E-state index in [2.05, 4.69) is 30.4 Å². The largest absolute Gasteiger partial charge is 0.439 e. The van der Waals surface area contributed by atoms with Crippen molar-refractivity contribution >= 4 is 11.4 Å². The summed E-state index contributed by atoms with van der Waals surface area (Å²) >= 11 is 0. The molecule has 4 aromatic heterocycles. The molecule has 2 aliphatic heterocycles. The lowest BCUT2D eigenvalue weighted by molar-refractivity contribution is -0.277. The summed E-state index contributed by atoms with van der Waals surface area (Å²) in [4.78, 5) is 8.39. The van der Waals surface area contributed by atoms with Gasteiger partial charge < -0.3 is 40.0 Å². The van der Waals surface area contributed by atoms with E-state index in [1.165, 1.54) is 36.4 Å². The van der Waals surface area contributed by atoms with Gasteiger partial charge in [-0.3, -0.25) is 0 Å². The third-order valence-electron chi connectivity index (χ3n) is 10.1. The lowest BCUT2D eigenvalue weighted by atomic mass is 9.94. The Bertz CT molecular complexity index is 2440. The Balaban J connectivity index is 0.000000186. The lowest BCUT2D eigenvalue weighted by Gasteiger charge is -2.26. The molecule has 2 aliphatic rings. The van der Waals surface area contributed by atoms with E-state index in [0.29, 0.717) is 22.3 Å². The molecule has 2 aromatic carbocycles. The molecule has 14 nitrogen and oxygen atoms in total. The molecule has 0 radical (unpaired) electrons. The van der Waals surface area contributed by atoms with Gasteiger partial charge in [-0.05, 0) is 113 Å². The number of aliphatic hydroxyl groups is 2. The predicted octanol–water partition coefficient (Wildman–Crippen LogP) is 8.86. The molecule has 2 unspecified atom stereocenters. The van der Waals surface area contributed by atoms with E-state index >= 15 is 0 Å². The zero-order chi connectivity index (χ0) is 44.8. The smallest absolute Gasteiger partial charge is 0.426 e. The normalized spacial score (nSPS) is 19.3. The average Bonchev–Trinajstić information content (AvgIpc) is 3.87. The number of hydrogen-bond donors (Lipinski definition) is 4. The van der Waals surface area contributed by atoms with Crippen LogP contribution in [-0.2, 0) is 24.0 Å². The predicted molar refractivity (Wildman–Crippen MR) is 201 cm³/mol. The van der Waals surface area contributed by atoms with Gasteiger partial charge in [-0.1, -0.05) is 0 Å². The second-order valence-electron chi connectivity index (χ2n) is 14.8. The number of fused-ring (bicyclic) bond motifs is 14. The fraction of sp³-hybridized carbons (Fsp3) is 0.350. The second-order valence-corrected chi connectivity index (χ2v) is 14.8. The maximum absolute atomic E-state index is 14.1. The van der Waals surface area contributed by atoms with Gasteiger partial charge >= 0.3 is 12.4 Å². The summed E-state index contributed by atoms with van der Waals surface area (Å²) in [6.07, 6.45) is -10.6. The maximum atomic E-state index is 14.1. The monoisotopic (exact) mass is 876 g/mol. The van der Waals surface area contributed by atoms with E-state index in [0.717, 1.165) is 0 Å². The summed E-state index contributed by atoms with van der Waals surface area (Å²) in [5, 5.41) is 34.9. The number of aromatic nitrogens is 6. The molecule has 62 heavy (non-hydrogen) atoms. The van der Waals surface area contributed by atoms with Crippen LogP contribution in [0.5, 0.6) is 23.3 Å². The molecule has 6 N–H and O–H groups in total. The van der Waals surface area contributed by atoms with Gasteiger partial charge in [0.15, 0.2) is 11.4 Å². The number of aryl methyl sites for hydroxylation is 4. The van der Waals surface area contributed by atoms with Crippen molar-refractivity contribution in [3.05, 3.63) is 94.2 Å². The SMILES string of the molecule is Cc1cc(N)c2nc1Oc1cc(F)cc(c1)CCCCC(O)(C(F)(F)F)c1nnc-2o1.Cc1cc(N)c2nc1Oc1cc(F)cc(c1)CCCCC(O)(C(F)(F)F)c1nnc-2o1. The third kappa shape index (κ3) is 8.82. The number of ether oxygens (including phenoxy) is 2. The van der Waals surface area contributed by atoms with Crippen molar-refractivity contribution < 1.29 is 63.6 Å². The van der Waals surface area contributed by atoms with E-state index in [-0.39, 0.29) is 84.5 Å². The van der Waals surface area contributed by atoms with Gasteiger partial charge in [0.2, 0.25) is 23.0 Å². The van der Waals surface area contributed by atoms with Crippen LogP contribution < -0.4 is 20.9 Å². The van der Waals surface area contributed by atoms with Crippen molar-refractivity contribution in [2.75, 3.05) is 11.5 Å². The summed E-state index contributed by atoms with van der Waals surface area (Å²) in [6.45, 7) is 3.30. The van der Waals surface area contributed by atoms with Gasteiger partial charge in [-0.25, -0.2) is 18.7 Å². The van der Waals surface area contributed by atoms with Crippen LogP contribution in [-0.4, -0.2) is 52.9 Å². The molecular weight excluding hydrogens is 840 g/mol. The number of hydrogen-bond acceptors (Lipinski definition) is 14. The Labute approximate surface area is 345 Å². The number of pyridine rings is 2. The number of nitrogens with zero attached hydrogens (tertiary/aromatic N) is 6. The molecule has 6 heterocycles. The molecule has 6 aromatic rings. The molecule has 0 fully saturated rings. The molecule has 12 bridgehead atoms.